The van der Waals surface area contributed by atoms with Crippen molar-refractivity contribution in [3.8, 4) is 0 Å². The number of hydrogen-bond acceptors (Lipinski definition) is 6. The SMILES string of the molecule is Nc1nnc(C(=O)N2CCN(c3cccc(Cl)c3)CC2)s1. The van der Waals surface area contributed by atoms with Crippen molar-refractivity contribution in [2.24, 2.45) is 0 Å². The average molecular weight is 324 g/mol. The number of halogens is 1. The zero-order chi connectivity index (χ0) is 14.8. The van der Waals surface area contributed by atoms with Crippen molar-refractivity contribution >= 4 is 39.7 Å². The molecule has 21 heavy (non-hydrogen) atoms. The summed E-state index contributed by atoms with van der Waals surface area (Å²) in [5.41, 5.74) is 6.59. The minimum absolute atomic E-state index is 0.102. The number of carbonyl (C=O) groups is 1. The van der Waals surface area contributed by atoms with Crippen molar-refractivity contribution in [1.29, 1.82) is 0 Å². The Kier molecular flexibility index (Phi) is 3.94. The van der Waals surface area contributed by atoms with Gasteiger partial charge >= 0.3 is 0 Å². The van der Waals surface area contributed by atoms with Crippen LogP contribution in [0.5, 0.6) is 0 Å². The number of piperazine rings is 1. The first-order valence-corrected chi connectivity index (χ1v) is 7.72. The van der Waals surface area contributed by atoms with E-state index in [0.29, 0.717) is 23.2 Å². The highest BCUT2D eigenvalue weighted by atomic mass is 35.5. The summed E-state index contributed by atoms with van der Waals surface area (Å²) in [6, 6.07) is 7.74. The van der Waals surface area contributed by atoms with Crippen molar-refractivity contribution in [3.63, 3.8) is 0 Å². The number of anilines is 2. The smallest absolute Gasteiger partial charge is 0.285 e. The Balaban J connectivity index is 1.64. The van der Waals surface area contributed by atoms with Crippen molar-refractivity contribution in [2.45, 2.75) is 0 Å². The number of carbonyl (C=O) groups excluding carboxylic acids is 1. The maximum absolute atomic E-state index is 12.2. The molecule has 0 radical (unpaired) electrons. The summed E-state index contributed by atoms with van der Waals surface area (Å²) in [4.78, 5) is 16.2. The van der Waals surface area contributed by atoms with Crippen molar-refractivity contribution < 1.29 is 4.79 Å². The maximum atomic E-state index is 12.2. The number of rotatable bonds is 2. The first-order chi connectivity index (χ1) is 10.1. The van der Waals surface area contributed by atoms with E-state index >= 15 is 0 Å². The molecule has 1 aliphatic heterocycles. The van der Waals surface area contributed by atoms with Crippen molar-refractivity contribution in [1.82, 2.24) is 15.1 Å². The molecule has 1 saturated heterocycles. The van der Waals surface area contributed by atoms with Crippen LogP contribution < -0.4 is 10.6 Å². The average Bonchev–Trinajstić information content (AvgIpc) is 2.93. The Labute approximate surface area is 131 Å². The fourth-order valence-corrected chi connectivity index (χ4v) is 3.06. The molecule has 0 atom stereocenters. The lowest BCUT2D eigenvalue weighted by Gasteiger charge is -2.35. The summed E-state index contributed by atoms with van der Waals surface area (Å²) in [7, 11) is 0. The summed E-state index contributed by atoms with van der Waals surface area (Å²) in [6.07, 6.45) is 0. The van der Waals surface area contributed by atoms with Crippen LogP contribution in [-0.2, 0) is 0 Å². The predicted octanol–water partition coefficient (Wildman–Crippen LogP) is 1.74. The van der Waals surface area contributed by atoms with Gasteiger partial charge in [-0.3, -0.25) is 4.79 Å². The third-order valence-electron chi connectivity index (χ3n) is 3.36. The summed E-state index contributed by atoms with van der Waals surface area (Å²) < 4.78 is 0. The Morgan fingerprint density at radius 1 is 1.24 bits per heavy atom. The van der Waals surface area contributed by atoms with Crippen LogP contribution in [0.2, 0.25) is 5.02 Å². The molecular formula is C13H14ClN5OS. The van der Waals surface area contributed by atoms with Crippen LogP contribution in [-0.4, -0.2) is 47.2 Å². The second kappa shape index (κ2) is 5.87. The quantitative estimate of drug-likeness (QED) is 0.911. The summed E-state index contributed by atoms with van der Waals surface area (Å²) in [5.74, 6) is -0.102. The van der Waals surface area contributed by atoms with Crippen molar-refractivity contribution in [2.75, 3.05) is 36.8 Å². The largest absolute Gasteiger partial charge is 0.374 e. The fourth-order valence-electron chi connectivity index (χ4n) is 2.30. The molecule has 1 fully saturated rings. The standard InChI is InChI=1S/C13H14ClN5OS/c14-9-2-1-3-10(8-9)18-4-6-19(7-5-18)12(20)11-16-17-13(15)21-11/h1-3,8H,4-7H2,(H2,15,17). The number of amides is 1. The van der Waals surface area contributed by atoms with E-state index in [1.165, 1.54) is 0 Å². The van der Waals surface area contributed by atoms with Gasteiger partial charge in [0.2, 0.25) is 10.1 Å². The van der Waals surface area contributed by atoms with Crippen LogP contribution in [0, 0.1) is 0 Å². The normalized spacial score (nSPS) is 15.3. The summed E-state index contributed by atoms with van der Waals surface area (Å²) >= 11 is 7.13. The molecule has 1 aromatic carbocycles. The Morgan fingerprint density at radius 3 is 2.62 bits per heavy atom. The van der Waals surface area contributed by atoms with Gasteiger partial charge in [0.25, 0.3) is 5.91 Å². The molecule has 0 spiro atoms. The van der Waals surface area contributed by atoms with Crippen LogP contribution >= 0.6 is 22.9 Å². The van der Waals surface area contributed by atoms with E-state index in [4.69, 9.17) is 17.3 Å². The monoisotopic (exact) mass is 323 g/mol. The van der Waals surface area contributed by atoms with Gasteiger partial charge in [0.1, 0.15) is 0 Å². The lowest BCUT2D eigenvalue weighted by molar-refractivity contribution is 0.0745. The first kappa shape index (κ1) is 14.1. The van der Waals surface area contributed by atoms with Gasteiger partial charge in [0.15, 0.2) is 0 Å². The molecule has 0 aliphatic carbocycles. The van der Waals surface area contributed by atoms with E-state index in [1.807, 2.05) is 24.3 Å². The van der Waals surface area contributed by atoms with E-state index in [1.54, 1.807) is 4.90 Å². The van der Waals surface area contributed by atoms with Crippen molar-refractivity contribution in [3.05, 3.63) is 34.3 Å². The van der Waals surface area contributed by atoms with Gasteiger partial charge in [-0.2, -0.15) is 0 Å². The van der Waals surface area contributed by atoms with E-state index < -0.39 is 0 Å². The molecule has 1 aliphatic rings. The Hall–Kier alpha value is -1.86. The minimum atomic E-state index is -0.102. The molecule has 1 aromatic heterocycles. The van der Waals surface area contributed by atoms with Crippen LogP contribution in [0.25, 0.3) is 0 Å². The second-order valence-electron chi connectivity index (χ2n) is 4.70. The van der Waals surface area contributed by atoms with Crippen LogP contribution in [0.15, 0.2) is 24.3 Å². The molecule has 2 heterocycles. The van der Waals surface area contributed by atoms with Gasteiger partial charge in [-0.25, -0.2) is 0 Å². The van der Waals surface area contributed by atoms with Gasteiger partial charge in [0.05, 0.1) is 0 Å². The fraction of sp³-hybridized carbons (Fsp3) is 0.308. The zero-order valence-corrected chi connectivity index (χ0v) is 12.8. The number of nitrogen functional groups attached to an aromatic ring is 1. The summed E-state index contributed by atoms with van der Waals surface area (Å²) in [5, 5.41) is 8.86. The highest BCUT2D eigenvalue weighted by Crippen LogP contribution is 2.21. The van der Waals surface area contributed by atoms with E-state index in [0.717, 1.165) is 35.1 Å². The Bertz CT molecular complexity index is 654. The molecule has 1 amide bonds. The molecule has 6 nitrogen and oxygen atoms in total. The first-order valence-electron chi connectivity index (χ1n) is 6.52. The van der Waals surface area contributed by atoms with Gasteiger partial charge in [-0.1, -0.05) is 29.0 Å². The van der Waals surface area contributed by atoms with Crippen LogP contribution in [0.4, 0.5) is 10.8 Å². The number of aromatic nitrogens is 2. The number of nitrogens with zero attached hydrogens (tertiary/aromatic N) is 4. The minimum Gasteiger partial charge on any atom is -0.374 e. The van der Waals surface area contributed by atoms with E-state index in [2.05, 4.69) is 15.1 Å². The van der Waals surface area contributed by atoms with Crippen LogP contribution in [0.1, 0.15) is 9.80 Å². The topological polar surface area (TPSA) is 75.3 Å². The van der Waals surface area contributed by atoms with Gasteiger partial charge in [-0.15, -0.1) is 10.2 Å². The van der Waals surface area contributed by atoms with Gasteiger partial charge in [-0.05, 0) is 18.2 Å². The molecule has 2 aromatic rings. The second-order valence-corrected chi connectivity index (χ2v) is 6.15. The molecule has 0 unspecified atom stereocenters. The number of nitrogens with two attached hydrogens (primary N) is 1. The molecule has 2 N–H and O–H groups in total. The maximum Gasteiger partial charge on any atom is 0.285 e. The third-order valence-corrected chi connectivity index (χ3v) is 4.34. The predicted molar refractivity (Wildman–Crippen MR) is 83.9 cm³/mol. The zero-order valence-electron chi connectivity index (χ0n) is 11.2. The lowest BCUT2D eigenvalue weighted by atomic mass is 10.2. The summed E-state index contributed by atoms with van der Waals surface area (Å²) in [6.45, 7) is 2.82. The molecule has 8 heteroatoms. The third kappa shape index (κ3) is 3.08. The molecule has 0 bridgehead atoms. The molecule has 3 rings (SSSR count). The Morgan fingerprint density at radius 2 is 2.00 bits per heavy atom. The molecular weight excluding hydrogens is 310 g/mol. The molecule has 0 saturated carbocycles. The van der Waals surface area contributed by atoms with Crippen LogP contribution in [0.3, 0.4) is 0 Å². The highest BCUT2D eigenvalue weighted by molar-refractivity contribution is 7.16. The highest BCUT2D eigenvalue weighted by Gasteiger charge is 2.24. The van der Waals surface area contributed by atoms with E-state index in [9.17, 15) is 4.79 Å². The number of hydrogen-bond donors (Lipinski definition) is 1. The number of benzene rings is 1. The van der Waals surface area contributed by atoms with Gasteiger partial charge in [0, 0.05) is 36.9 Å². The molecule has 110 valence electrons. The lowest BCUT2D eigenvalue weighted by Crippen LogP contribution is -2.48. The van der Waals surface area contributed by atoms with E-state index in [-0.39, 0.29) is 5.91 Å². The van der Waals surface area contributed by atoms with Gasteiger partial charge < -0.3 is 15.5 Å².